The molecule has 180 valence electrons. The van der Waals surface area contributed by atoms with Crippen molar-refractivity contribution < 1.29 is 22.4 Å². The highest BCUT2D eigenvalue weighted by Crippen LogP contribution is 2.34. The lowest BCUT2D eigenvalue weighted by Crippen LogP contribution is -2.35. The number of para-hydroxylation sites is 1. The molecule has 0 radical (unpaired) electrons. The van der Waals surface area contributed by atoms with Crippen LogP contribution in [0.4, 0.5) is 28.0 Å². The van der Waals surface area contributed by atoms with E-state index in [1.807, 2.05) is 53.2 Å². The number of carbonyl (C=O) groups excluding carboxylic acids is 1. The van der Waals surface area contributed by atoms with Crippen LogP contribution in [0.15, 0.2) is 97.2 Å². The van der Waals surface area contributed by atoms with Crippen molar-refractivity contribution in [3.63, 3.8) is 0 Å². The lowest BCUT2D eigenvalue weighted by atomic mass is 10.1. The van der Waals surface area contributed by atoms with Crippen LogP contribution in [0, 0.1) is 5.82 Å². The number of halogens is 4. The van der Waals surface area contributed by atoms with Crippen molar-refractivity contribution in [2.45, 2.75) is 25.8 Å². The second-order valence-corrected chi connectivity index (χ2v) is 8.07. The lowest BCUT2D eigenvalue weighted by Gasteiger charge is -2.25. The van der Waals surface area contributed by atoms with Crippen LogP contribution >= 0.6 is 0 Å². The molecule has 3 aromatic carbocycles. The molecule has 0 spiro atoms. The average Bonchev–Trinajstić information content (AvgIpc) is 3.27. The Hall–Kier alpha value is -4.07. The van der Waals surface area contributed by atoms with E-state index >= 15 is 0 Å². The van der Waals surface area contributed by atoms with Crippen molar-refractivity contribution in [2.24, 2.45) is 0 Å². The second kappa shape index (κ2) is 10.5. The highest BCUT2D eigenvalue weighted by molar-refractivity contribution is 5.90. The van der Waals surface area contributed by atoms with Crippen LogP contribution in [0.1, 0.15) is 22.4 Å². The number of aromatic nitrogens is 1. The van der Waals surface area contributed by atoms with Gasteiger partial charge >= 0.3 is 12.2 Å². The summed E-state index contributed by atoms with van der Waals surface area (Å²) >= 11 is 0. The number of urea groups is 1. The molecule has 0 aliphatic carbocycles. The Balaban J connectivity index is 1.58. The number of hydrogen-bond donors (Lipinski definition) is 1. The number of rotatable bonds is 7. The summed E-state index contributed by atoms with van der Waals surface area (Å²) in [5.74, 6) is -0.327. The van der Waals surface area contributed by atoms with Gasteiger partial charge in [-0.25, -0.2) is 9.18 Å². The van der Waals surface area contributed by atoms with Gasteiger partial charge in [0, 0.05) is 25.0 Å². The van der Waals surface area contributed by atoms with Crippen molar-refractivity contribution in [3.05, 3.63) is 125 Å². The van der Waals surface area contributed by atoms with Crippen molar-refractivity contribution in [2.75, 3.05) is 5.32 Å². The molecule has 0 saturated carbocycles. The van der Waals surface area contributed by atoms with Crippen molar-refractivity contribution in [1.29, 1.82) is 0 Å². The minimum atomic E-state index is -4.60. The molecule has 4 nitrogen and oxygen atoms in total. The van der Waals surface area contributed by atoms with Gasteiger partial charge in [-0.15, -0.1) is 0 Å². The maximum atomic E-state index is 13.4. The van der Waals surface area contributed by atoms with E-state index in [0.29, 0.717) is 6.54 Å². The Kier molecular flexibility index (Phi) is 7.19. The Bertz CT molecular complexity index is 1270. The number of nitrogens with zero attached hydrogens (tertiary/aromatic N) is 2. The van der Waals surface area contributed by atoms with E-state index in [1.165, 1.54) is 35.2 Å². The molecule has 4 aromatic rings. The summed E-state index contributed by atoms with van der Waals surface area (Å²) in [6, 6.07) is 23.3. The highest BCUT2D eigenvalue weighted by atomic mass is 19.4. The molecule has 0 unspecified atom stereocenters. The maximum absolute atomic E-state index is 13.4. The third-order valence-electron chi connectivity index (χ3n) is 5.52. The minimum absolute atomic E-state index is 0.156. The van der Waals surface area contributed by atoms with Crippen LogP contribution in [-0.2, 0) is 25.8 Å². The number of amides is 2. The van der Waals surface area contributed by atoms with Gasteiger partial charge in [-0.3, -0.25) is 0 Å². The van der Waals surface area contributed by atoms with Gasteiger partial charge in [-0.2, -0.15) is 13.2 Å². The van der Waals surface area contributed by atoms with Crippen LogP contribution in [-0.4, -0.2) is 15.5 Å². The van der Waals surface area contributed by atoms with E-state index in [4.69, 9.17) is 0 Å². The largest absolute Gasteiger partial charge is 0.418 e. The fourth-order valence-electron chi connectivity index (χ4n) is 3.77. The van der Waals surface area contributed by atoms with Gasteiger partial charge in [0.2, 0.25) is 0 Å². The molecule has 0 aliphatic rings. The molecule has 1 heterocycles. The number of nitrogens with one attached hydrogen (secondary N) is 1. The number of hydrogen-bond acceptors (Lipinski definition) is 1. The molecule has 0 bridgehead atoms. The smallest absolute Gasteiger partial charge is 0.345 e. The molecule has 4 rings (SSSR count). The topological polar surface area (TPSA) is 37.3 Å². The third-order valence-corrected chi connectivity index (χ3v) is 5.52. The predicted octanol–water partition coefficient (Wildman–Crippen LogP) is 6.93. The minimum Gasteiger partial charge on any atom is -0.345 e. The first-order valence-corrected chi connectivity index (χ1v) is 10.9. The predicted molar refractivity (Wildman–Crippen MR) is 126 cm³/mol. The Labute approximate surface area is 200 Å². The molecule has 2 amide bonds. The fourth-order valence-corrected chi connectivity index (χ4v) is 3.77. The van der Waals surface area contributed by atoms with Crippen LogP contribution in [0.3, 0.4) is 0 Å². The summed E-state index contributed by atoms with van der Waals surface area (Å²) in [6.45, 7) is 0.812. The van der Waals surface area contributed by atoms with Gasteiger partial charge < -0.3 is 14.8 Å². The molecule has 0 fully saturated rings. The molecule has 1 N–H and O–H groups in total. The van der Waals surface area contributed by atoms with Crippen molar-refractivity contribution in [1.82, 2.24) is 9.47 Å². The monoisotopic (exact) mass is 481 g/mol. The summed E-state index contributed by atoms with van der Waals surface area (Å²) in [5.41, 5.74) is 1.28. The standard InChI is InChI=1S/C27H23F4N3O/c28-22-14-12-21(13-15-22)17-33-16-6-9-23(33)19-34(18-20-7-2-1-3-8-20)26(35)32-25-11-5-4-10-24(25)27(29,30)31/h1-16H,17-19H2,(H,32,35). The normalized spacial score (nSPS) is 11.3. The average molecular weight is 481 g/mol. The SMILES string of the molecule is O=C(Nc1ccccc1C(F)(F)F)N(Cc1ccccc1)Cc1cccn1Cc1ccc(F)cc1. The van der Waals surface area contributed by atoms with E-state index in [1.54, 1.807) is 12.1 Å². The highest BCUT2D eigenvalue weighted by Gasteiger charge is 2.34. The van der Waals surface area contributed by atoms with Gasteiger partial charge in [0.25, 0.3) is 0 Å². The molecule has 8 heteroatoms. The molecule has 0 saturated heterocycles. The molecular weight excluding hydrogens is 458 g/mol. The van der Waals surface area contributed by atoms with E-state index in [2.05, 4.69) is 5.32 Å². The van der Waals surface area contributed by atoms with Gasteiger partial charge in [0.1, 0.15) is 5.82 Å². The molecule has 0 aliphatic heterocycles. The fraction of sp³-hybridized carbons (Fsp3) is 0.148. The number of anilines is 1. The lowest BCUT2D eigenvalue weighted by molar-refractivity contribution is -0.136. The van der Waals surface area contributed by atoms with Gasteiger partial charge in [-0.1, -0.05) is 54.6 Å². The second-order valence-electron chi connectivity index (χ2n) is 8.07. The van der Waals surface area contributed by atoms with Crippen molar-refractivity contribution >= 4 is 11.7 Å². The van der Waals surface area contributed by atoms with Crippen LogP contribution in [0.2, 0.25) is 0 Å². The first-order chi connectivity index (χ1) is 16.8. The Morgan fingerprint density at radius 3 is 2.20 bits per heavy atom. The van der Waals surface area contributed by atoms with E-state index in [-0.39, 0.29) is 24.6 Å². The van der Waals surface area contributed by atoms with Gasteiger partial charge in [0.15, 0.2) is 0 Å². The number of carbonyl (C=O) groups is 1. The summed E-state index contributed by atoms with van der Waals surface area (Å²) < 4.78 is 55.5. The van der Waals surface area contributed by atoms with E-state index in [0.717, 1.165) is 22.9 Å². The first kappa shape index (κ1) is 24.1. The van der Waals surface area contributed by atoms with Gasteiger partial charge in [-0.05, 0) is 47.5 Å². The number of alkyl halides is 3. The maximum Gasteiger partial charge on any atom is 0.418 e. The van der Waals surface area contributed by atoms with E-state index < -0.39 is 17.8 Å². The zero-order valence-electron chi connectivity index (χ0n) is 18.7. The molecule has 0 atom stereocenters. The summed E-state index contributed by atoms with van der Waals surface area (Å²) in [7, 11) is 0. The Morgan fingerprint density at radius 2 is 1.49 bits per heavy atom. The summed E-state index contributed by atoms with van der Waals surface area (Å²) in [6.07, 6.45) is -2.76. The van der Waals surface area contributed by atoms with E-state index in [9.17, 15) is 22.4 Å². The number of benzene rings is 3. The van der Waals surface area contributed by atoms with Gasteiger partial charge in [0.05, 0.1) is 17.8 Å². The quantitative estimate of drug-likeness (QED) is 0.286. The van der Waals surface area contributed by atoms with Crippen LogP contribution in [0.25, 0.3) is 0 Å². The molecule has 1 aromatic heterocycles. The van der Waals surface area contributed by atoms with Crippen LogP contribution < -0.4 is 5.32 Å². The van der Waals surface area contributed by atoms with Crippen molar-refractivity contribution in [3.8, 4) is 0 Å². The molecule has 35 heavy (non-hydrogen) atoms. The first-order valence-electron chi connectivity index (χ1n) is 10.9. The summed E-state index contributed by atoms with van der Waals surface area (Å²) in [5, 5.41) is 2.44. The zero-order valence-corrected chi connectivity index (χ0v) is 18.7. The summed E-state index contributed by atoms with van der Waals surface area (Å²) in [4.78, 5) is 14.7. The van der Waals surface area contributed by atoms with Crippen LogP contribution in [0.5, 0.6) is 0 Å². The zero-order chi connectivity index (χ0) is 24.8. The third kappa shape index (κ3) is 6.29. The Morgan fingerprint density at radius 1 is 0.800 bits per heavy atom. The molecular formula is C27H23F4N3O.